The Balaban J connectivity index is 1.48. The highest BCUT2D eigenvalue weighted by molar-refractivity contribution is 6.02. The lowest BCUT2D eigenvalue weighted by atomic mass is 10.1. The normalized spacial score (nSPS) is 10.8. The predicted octanol–water partition coefficient (Wildman–Crippen LogP) is 4.54. The van der Waals surface area contributed by atoms with Gasteiger partial charge in [-0.3, -0.25) is 4.79 Å². The summed E-state index contributed by atoms with van der Waals surface area (Å²) in [4.78, 5) is 12.4. The van der Waals surface area contributed by atoms with Gasteiger partial charge in [0, 0.05) is 23.0 Å². The van der Waals surface area contributed by atoms with Gasteiger partial charge in [0.1, 0.15) is 11.5 Å². The number of amides is 1. The van der Waals surface area contributed by atoms with E-state index >= 15 is 0 Å². The monoisotopic (exact) mass is 376 g/mol. The molecular formula is C21H17FN4O2. The van der Waals surface area contributed by atoms with Crippen molar-refractivity contribution in [3.05, 3.63) is 83.6 Å². The molecule has 0 aliphatic rings. The lowest BCUT2D eigenvalue weighted by molar-refractivity contribution is 0.0988. The van der Waals surface area contributed by atoms with E-state index in [9.17, 15) is 9.18 Å². The Morgan fingerprint density at radius 1 is 1.04 bits per heavy atom. The van der Waals surface area contributed by atoms with Crippen LogP contribution in [0.3, 0.4) is 0 Å². The number of benzene rings is 2. The molecule has 0 saturated carbocycles. The van der Waals surface area contributed by atoms with Gasteiger partial charge in [-0.05, 0) is 68.4 Å². The standard InChI is InChI=1S/C21H17FN4O2/c1-13-11-14(2)26(24-13)18-9-7-17(8-10-18)23-21(27)20-12-19(25-28-20)15-3-5-16(22)6-4-15/h3-12H,1-2H3,(H,23,27). The molecule has 1 N–H and O–H groups in total. The summed E-state index contributed by atoms with van der Waals surface area (Å²) in [6.07, 6.45) is 0. The third kappa shape index (κ3) is 3.55. The molecule has 6 nitrogen and oxygen atoms in total. The van der Waals surface area contributed by atoms with E-state index in [0.29, 0.717) is 16.9 Å². The number of rotatable bonds is 4. The number of aryl methyl sites for hydroxylation is 2. The van der Waals surface area contributed by atoms with Crippen LogP contribution in [0.25, 0.3) is 16.9 Å². The Labute approximate surface area is 160 Å². The van der Waals surface area contributed by atoms with Crippen LogP contribution >= 0.6 is 0 Å². The van der Waals surface area contributed by atoms with Crippen LogP contribution in [0.4, 0.5) is 10.1 Å². The SMILES string of the molecule is Cc1cc(C)n(-c2ccc(NC(=O)c3cc(-c4ccc(F)cc4)no3)cc2)n1. The molecule has 1 amide bonds. The quantitative estimate of drug-likeness (QED) is 0.568. The Kier molecular flexibility index (Phi) is 4.49. The predicted molar refractivity (Wildman–Crippen MR) is 103 cm³/mol. The Bertz CT molecular complexity index is 1130. The smallest absolute Gasteiger partial charge is 0.294 e. The van der Waals surface area contributed by atoms with Crippen LogP contribution in [-0.2, 0) is 0 Å². The molecule has 0 unspecified atom stereocenters. The molecule has 0 aliphatic heterocycles. The first-order chi connectivity index (χ1) is 13.5. The van der Waals surface area contributed by atoms with Gasteiger partial charge in [0.2, 0.25) is 5.76 Å². The first kappa shape index (κ1) is 17.7. The number of hydrogen-bond donors (Lipinski definition) is 1. The zero-order valence-electron chi connectivity index (χ0n) is 15.3. The van der Waals surface area contributed by atoms with Crippen molar-refractivity contribution in [1.29, 1.82) is 0 Å². The van der Waals surface area contributed by atoms with E-state index in [2.05, 4.69) is 15.6 Å². The van der Waals surface area contributed by atoms with Crippen molar-refractivity contribution in [1.82, 2.24) is 14.9 Å². The molecule has 2 aromatic carbocycles. The fourth-order valence-corrected chi connectivity index (χ4v) is 2.91. The number of carbonyl (C=O) groups excluding carboxylic acids is 1. The fraction of sp³-hybridized carbons (Fsp3) is 0.0952. The first-order valence-electron chi connectivity index (χ1n) is 8.67. The molecule has 0 fully saturated rings. The summed E-state index contributed by atoms with van der Waals surface area (Å²) >= 11 is 0. The van der Waals surface area contributed by atoms with E-state index in [4.69, 9.17) is 4.52 Å². The van der Waals surface area contributed by atoms with E-state index in [0.717, 1.165) is 17.1 Å². The van der Waals surface area contributed by atoms with Gasteiger partial charge in [0.25, 0.3) is 5.91 Å². The van der Waals surface area contributed by atoms with Crippen LogP contribution in [-0.4, -0.2) is 20.8 Å². The molecule has 2 heterocycles. The molecule has 4 rings (SSSR count). The van der Waals surface area contributed by atoms with Crippen LogP contribution in [0.15, 0.2) is 65.2 Å². The van der Waals surface area contributed by atoms with Crippen LogP contribution in [0.2, 0.25) is 0 Å². The zero-order valence-corrected chi connectivity index (χ0v) is 15.3. The molecule has 0 spiro atoms. The number of carbonyl (C=O) groups is 1. The number of aromatic nitrogens is 3. The van der Waals surface area contributed by atoms with Crippen molar-refractivity contribution in [2.24, 2.45) is 0 Å². The molecule has 7 heteroatoms. The van der Waals surface area contributed by atoms with E-state index in [1.54, 1.807) is 24.3 Å². The highest BCUT2D eigenvalue weighted by Gasteiger charge is 2.14. The van der Waals surface area contributed by atoms with Gasteiger partial charge in [-0.25, -0.2) is 9.07 Å². The van der Waals surface area contributed by atoms with Gasteiger partial charge < -0.3 is 9.84 Å². The average Bonchev–Trinajstić information content (AvgIpc) is 3.30. The van der Waals surface area contributed by atoms with Crippen LogP contribution in [0.5, 0.6) is 0 Å². The second-order valence-corrected chi connectivity index (χ2v) is 6.42. The van der Waals surface area contributed by atoms with Gasteiger partial charge in [-0.2, -0.15) is 5.10 Å². The topological polar surface area (TPSA) is 73.0 Å². The molecule has 140 valence electrons. The second kappa shape index (κ2) is 7.11. The van der Waals surface area contributed by atoms with Gasteiger partial charge in [0.15, 0.2) is 0 Å². The number of anilines is 1. The molecule has 28 heavy (non-hydrogen) atoms. The summed E-state index contributed by atoms with van der Waals surface area (Å²) < 4.78 is 20.0. The minimum absolute atomic E-state index is 0.0712. The van der Waals surface area contributed by atoms with Gasteiger partial charge in [-0.1, -0.05) is 5.16 Å². The number of nitrogens with zero attached hydrogens (tertiary/aromatic N) is 3. The number of halogens is 1. The van der Waals surface area contributed by atoms with E-state index in [1.165, 1.54) is 18.2 Å². The molecule has 0 atom stereocenters. The molecule has 4 aromatic rings. The minimum Gasteiger partial charge on any atom is -0.350 e. The van der Waals surface area contributed by atoms with E-state index < -0.39 is 5.91 Å². The van der Waals surface area contributed by atoms with Crippen LogP contribution in [0, 0.1) is 19.7 Å². The number of hydrogen-bond acceptors (Lipinski definition) is 4. The van der Waals surface area contributed by atoms with Gasteiger partial charge in [0.05, 0.1) is 11.4 Å². The summed E-state index contributed by atoms with van der Waals surface area (Å²) in [5, 5.41) is 11.1. The van der Waals surface area contributed by atoms with E-state index in [-0.39, 0.29) is 11.6 Å². The minimum atomic E-state index is -0.417. The summed E-state index contributed by atoms with van der Waals surface area (Å²) in [6.45, 7) is 3.92. The lowest BCUT2D eigenvalue weighted by Gasteiger charge is -2.06. The third-order valence-corrected chi connectivity index (χ3v) is 4.25. The Morgan fingerprint density at radius 2 is 1.75 bits per heavy atom. The average molecular weight is 376 g/mol. The van der Waals surface area contributed by atoms with Crippen molar-refractivity contribution < 1.29 is 13.7 Å². The summed E-state index contributed by atoms with van der Waals surface area (Å²) in [6, 6.07) is 16.7. The number of nitrogens with one attached hydrogen (secondary N) is 1. The largest absolute Gasteiger partial charge is 0.350 e. The maximum atomic E-state index is 13.0. The first-order valence-corrected chi connectivity index (χ1v) is 8.67. The maximum absolute atomic E-state index is 13.0. The fourth-order valence-electron chi connectivity index (χ4n) is 2.91. The Morgan fingerprint density at radius 3 is 2.39 bits per heavy atom. The van der Waals surface area contributed by atoms with Crippen molar-refractivity contribution >= 4 is 11.6 Å². The van der Waals surface area contributed by atoms with Gasteiger partial charge >= 0.3 is 0 Å². The summed E-state index contributed by atoms with van der Waals surface area (Å²) in [7, 11) is 0. The second-order valence-electron chi connectivity index (χ2n) is 6.42. The molecule has 0 radical (unpaired) electrons. The maximum Gasteiger partial charge on any atom is 0.294 e. The van der Waals surface area contributed by atoms with Crippen molar-refractivity contribution in [3.63, 3.8) is 0 Å². The van der Waals surface area contributed by atoms with Crippen LogP contribution in [0.1, 0.15) is 21.9 Å². The van der Waals surface area contributed by atoms with Crippen LogP contribution < -0.4 is 5.32 Å². The zero-order chi connectivity index (χ0) is 19.7. The molecule has 0 bridgehead atoms. The summed E-state index contributed by atoms with van der Waals surface area (Å²) in [5.41, 5.74) is 4.63. The Hall–Kier alpha value is -3.74. The molecule has 2 aromatic heterocycles. The third-order valence-electron chi connectivity index (χ3n) is 4.25. The molecule has 0 aliphatic carbocycles. The van der Waals surface area contributed by atoms with E-state index in [1.807, 2.05) is 36.7 Å². The van der Waals surface area contributed by atoms with Crippen molar-refractivity contribution in [3.8, 4) is 16.9 Å². The summed E-state index contributed by atoms with van der Waals surface area (Å²) in [5.74, 6) is -0.684. The van der Waals surface area contributed by atoms with Crippen molar-refractivity contribution in [2.45, 2.75) is 13.8 Å². The highest BCUT2D eigenvalue weighted by atomic mass is 19.1. The van der Waals surface area contributed by atoms with Crippen molar-refractivity contribution in [2.75, 3.05) is 5.32 Å². The highest BCUT2D eigenvalue weighted by Crippen LogP contribution is 2.21. The molecule has 0 saturated heterocycles. The lowest BCUT2D eigenvalue weighted by Crippen LogP contribution is -2.11. The molecular weight excluding hydrogens is 359 g/mol. The van der Waals surface area contributed by atoms with Gasteiger partial charge in [-0.15, -0.1) is 0 Å².